The van der Waals surface area contributed by atoms with Crippen LogP contribution in [-0.4, -0.2) is 47.1 Å². The number of ether oxygens (including phenoxy) is 1. The van der Waals surface area contributed by atoms with Gasteiger partial charge >= 0.3 is 0 Å². The maximum Gasteiger partial charge on any atom is 0.252 e. The maximum atomic E-state index is 12.5. The Hall–Kier alpha value is -1.30. The number of rotatable bonds is 4. The van der Waals surface area contributed by atoms with E-state index in [0.29, 0.717) is 6.61 Å². The van der Waals surface area contributed by atoms with Crippen molar-refractivity contribution in [2.45, 2.75) is 57.1 Å². The largest absolute Gasteiger partial charge is 0.409 e. The van der Waals surface area contributed by atoms with Crippen molar-refractivity contribution in [2.75, 3.05) is 13.2 Å². The molecule has 1 aliphatic carbocycles. The Bertz CT molecular complexity index is 334. The van der Waals surface area contributed by atoms with Gasteiger partial charge in [0, 0.05) is 12.6 Å². The number of carbonyl (C=O) groups is 1. The minimum Gasteiger partial charge on any atom is -0.409 e. The number of hydrogen-bond donors (Lipinski definition) is 2. The van der Waals surface area contributed by atoms with Crippen LogP contribution in [0.15, 0.2) is 5.16 Å². The first kappa shape index (κ1) is 14.1. The third kappa shape index (κ3) is 3.59. The van der Waals surface area contributed by atoms with Crippen LogP contribution in [0.3, 0.4) is 0 Å². The normalized spacial score (nSPS) is 25.5. The molecule has 1 aliphatic heterocycles. The van der Waals surface area contributed by atoms with Gasteiger partial charge in [-0.1, -0.05) is 18.0 Å². The Labute approximate surface area is 113 Å². The van der Waals surface area contributed by atoms with Crippen molar-refractivity contribution < 1.29 is 14.7 Å². The second-order valence-electron chi connectivity index (χ2n) is 5.35. The van der Waals surface area contributed by atoms with Gasteiger partial charge in [0.15, 0.2) is 5.84 Å². The zero-order valence-electron chi connectivity index (χ0n) is 11.3. The average molecular weight is 269 g/mol. The molecule has 108 valence electrons. The molecule has 1 saturated heterocycles. The molecule has 0 aromatic heterocycles. The number of nitrogens with two attached hydrogens (primary N) is 1. The van der Waals surface area contributed by atoms with Gasteiger partial charge in [0.05, 0.1) is 6.54 Å². The second kappa shape index (κ2) is 6.75. The SMILES string of the molecule is NC(CN(C(=O)C1CCCCO1)C1CCCC1)=NO. The zero-order valence-corrected chi connectivity index (χ0v) is 11.3. The van der Waals surface area contributed by atoms with E-state index in [9.17, 15) is 4.79 Å². The van der Waals surface area contributed by atoms with Gasteiger partial charge in [-0.05, 0) is 32.1 Å². The summed E-state index contributed by atoms with van der Waals surface area (Å²) in [5.41, 5.74) is 5.57. The monoisotopic (exact) mass is 269 g/mol. The highest BCUT2D eigenvalue weighted by molar-refractivity contribution is 5.89. The quantitative estimate of drug-likeness (QED) is 0.346. The van der Waals surface area contributed by atoms with Crippen LogP contribution in [0.2, 0.25) is 0 Å². The van der Waals surface area contributed by atoms with E-state index in [0.717, 1.165) is 44.9 Å². The predicted molar refractivity (Wildman–Crippen MR) is 71.0 cm³/mol. The van der Waals surface area contributed by atoms with Crippen molar-refractivity contribution in [1.82, 2.24) is 4.90 Å². The number of oxime groups is 1. The van der Waals surface area contributed by atoms with E-state index in [1.807, 2.05) is 0 Å². The molecular weight excluding hydrogens is 246 g/mol. The molecule has 6 nitrogen and oxygen atoms in total. The summed E-state index contributed by atoms with van der Waals surface area (Å²) in [7, 11) is 0. The fourth-order valence-corrected chi connectivity index (χ4v) is 2.93. The van der Waals surface area contributed by atoms with Crippen LogP contribution in [0.5, 0.6) is 0 Å². The third-order valence-electron chi connectivity index (χ3n) is 3.96. The lowest BCUT2D eigenvalue weighted by Crippen LogP contribution is -2.49. The van der Waals surface area contributed by atoms with E-state index >= 15 is 0 Å². The lowest BCUT2D eigenvalue weighted by molar-refractivity contribution is -0.148. The van der Waals surface area contributed by atoms with E-state index in [1.165, 1.54) is 0 Å². The predicted octanol–water partition coefficient (Wildman–Crippen LogP) is 1.07. The smallest absolute Gasteiger partial charge is 0.252 e. The summed E-state index contributed by atoms with van der Waals surface area (Å²) in [6, 6.07) is 0.207. The summed E-state index contributed by atoms with van der Waals surface area (Å²) in [5.74, 6) is 0.0780. The minimum absolute atomic E-state index is 0.00167. The van der Waals surface area contributed by atoms with E-state index < -0.39 is 0 Å². The van der Waals surface area contributed by atoms with Crippen molar-refractivity contribution in [1.29, 1.82) is 0 Å². The Morgan fingerprint density at radius 1 is 1.26 bits per heavy atom. The number of nitrogens with zero attached hydrogens (tertiary/aromatic N) is 2. The van der Waals surface area contributed by atoms with Gasteiger partial charge in [-0.25, -0.2) is 0 Å². The molecule has 1 heterocycles. The van der Waals surface area contributed by atoms with Crippen molar-refractivity contribution in [3.63, 3.8) is 0 Å². The minimum atomic E-state index is -0.346. The molecule has 2 aliphatic rings. The van der Waals surface area contributed by atoms with Gasteiger partial charge in [0.1, 0.15) is 6.10 Å². The van der Waals surface area contributed by atoms with Crippen molar-refractivity contribution in [3.8, 4) is 0 Å². The molecule has 1 saturated carbocycles. The molecule has 0 bridgehead atoms. The van der Waals surface area contributed by atoms with Crippen molar-refractivity contribution in [2.24, 2.45) is 10.9 Å². The molecule has 1 atom stereocenters. The molecule has 2 fully saturated rings. The third-order valence-corrected chi connectivity index (χ3v) is 3.96. The van der Waals surface area contributed by atoms with E-state index in [1.54, 1.807) is 4.90 Å². The number of amides is 1. The fraction of sp³-hybridized carbons (Fsp3) is 0.846. The van der Waals surface area contributed by atoms with Gasteiger partial charge < -0.3 is 20.6 Å². The first-order valence-corrected chi connectivity index (χ1v) is 7.11. The van der Waals surface area contributed by atoms with Crippen LogP contribution < -0.4 is 5.73 Å². The average Bonchev–Trinajstić information content (AvgIpc) is 2.98. The topological polar surface area (TPSA) is 88.2 Å². The van der Waals surface area contributed by atoms with Crippen LogP contribution in [-0.2, 0) is 9.53 Å². The molecular formula is C13H23N3O3. The highest BCUT2D eigenvalue weighted by Crippen LogP contribution is 2.25. The lowest BCUT2D eigenvalue weighted by atomic mass is 10.1. The Morgan fingerprint density at radius 2 is 1.95 bits per heavy atom. The highest BCUT2D eigenvalue weighted by Gasteiger charge is 2.33. The van der Waals surface area contributed by atoms with Gasteiger partial charge in [-0.2, -0.15) is 0 Å². The number of amidine groups is 1. The van der Waals surface area contributed by atoms with Gasteiger partial charge in [-0.3, -0.25) is 4.79 Å². The van der Waals surface area contributed by atoms with Crippen LogP contribution in [0.25, 0.3) is 0 Å². The summed E-state index contributed by atoms with van der Waals surface area (Å²) < 4.78 is 5.56. The zero-order chi connectivity index (χ0) is 13.7. The molecule has 1 unspecified atom stereocenters. The summed E-state index contributed by atoms with van der Waals surface area (Å²) >= 11 is 0. The van der Waals surface area contributed by atoms with E-state index in [2.05, 4.69) is 5.16 Å². The highest BCUT2D eigenvalue weighted by atomic mass is 16.5. The van der Waals surface area contributed by atoms with Gasteiger partial charge in [0.2, 0.25) is 0 Å². The molecule has 2 rings (SSSR count). The van der Waals surface area contributed by atoms with E-state index in [4.69, 9.17) is 15.7 Å². The molecule has 0 radical (unpaired) electrons. The Balaban J connectivity index is 2.04. The molecule has 1 amide bonds. The number of carbonyl (C=O) groups excluding carboxylic acids is 1. The Kier molecular flexibility index (Phi) is 5.01. The molecule has 19 heavy (non-hydrogen) atoms. The summed E-state index contributed by atoms with van der Waals surface area (Å²) in [4.78, 5) is 14.3. The first-order chi connectivity index (χ1) is 9.22. The summed E-state index contributed by atoms with van der Waals surface area (Å²) in [5, 5.41) is 11.7. The first-order valence-electron chi connectivity index (χ1n) is 7.11. The number of hydrogen-bond acceptors (Lipinski definition) is 4. The van der Waals surface area contributed by atoms with Crippen LogP contribution >= 0.6 is 0 Å². The van der Waals surface area contributed by atoms with E-state index in [-0.39, 0.29) is 30.4 Å². The molecule has 6 heteroatoms. The molecule has 0 aromatic rings. The summed E-state index contributed by atoms with van der Waals surface area (Å²) in [6.07, 6.45) is 6.74. The van der Waals surface area contributed by atoms with Gasteiger partial charge in [-0.15, -0.1) is 0 Å². The standard InChI is InChI=1S/C13H23N3O3/c14-12(15-18)9-16(10-5-1-2-6-10)13(17)11-7-3-4-8-19-11/h10-11,18H,1-9H2,(H2,14,15). The van der Waals surface area contributed by atoms with Crippen LogP contribution in [0, 0.1) is 0 Å². The Morgan fingerprint density at radius 3 is 2.53 bits per heavy atom. The molecule has 3 N–H and O–H groups in total. The van der Waals surface area contributed by atoms with Crippen LogP contribution in [0.4, 0.5) is 0 Å². The molecule has 0 spiro atoms. The lowest BCUT2D eigenvalue weighted by Gasteiger charge is -2.33. The van der Waals surface area contributed by atoms with Crippen molar-refractivity contribution >= 4 is 11.7 Å². The molecule has 0 aromatic carbocycles. The van der Waals surface area contributed by atoms with Crippen molar-refractivity contribution in [3.05, 3.63) is 0 Å². The fourth-order valence-electron chi connectivity index (χ4n) is 2.93. The maximum absolute atomic E-state index is 12.5. The van der Waals surface area contributed by atoms with Crippen LogP contribution in [0.1, 0.15) is 44.9 Å². The second-order valence-corrected chi connectivity index (χ2v) is 5.35. The van der Waals surface area contributed by atoms with Gasteiger partial charge in [0.25, 0.3) is 5.91 Å². The summed E-state index contributed by atoms with van der Waals surface area (Å²) in [6.45, 7) is 0.846.